The highest BCUT2D eigenvalue weighted by Crippen LogP contribution is 2.77. The molecule has 1 aliphatic heterocycles. The zero-order valence-electron chi connectivity index (χ0n) is 27.1. The maximum Gasteiger partial charge on any atom is 0.0870 e. The summed E-state index contributed by atoms with van der Waals surface area (Å²) in [6, 6.07) is 8.22. The van der Waals surface area contributed by atoms with Gasteiger partial charge in [0.2, 0.25) is 0 Å². The Hall–Kier alpha value is -1.39. The van der Waals surface area contributed by atoms with Crippen LogP contribution in [0.1, 0.15) is 117 Å². The van der Waals surface area contributed by atoms with Crippen LogP contribution in [-0.2, 0) is 23.1 Å². The molecule has 5 heteroatoms. The average molecular weight is 590 g/mol. The maximum absolute atomic E-state index is 6.79. The van der Waals surface area contributed by atoms with Gasteiger partial charge in [0.1, 0.15) is 0 Å². The van der Waals surface area contributed by atoms with Crippen LogP contribution in [0, 0.1) is 50.7 Å². The first-order chi connectivity index (χ1) is 19.8. The van der Waals surface area contributed by atoms with Gasteiger partial charge in [0.25, 0.3) is 0 Å². The van der Waals surface area contributed by atoms with Gasteiger partial charge in [0.05, 0.1) is 30.6 Å². The Kier molecular flexibility index (Phi) is 5.79. The van der Waals surface area contributed by atoms with Crippen molar-refractivity contribution in [3.05, 3.63) is 46.2 Å². The number of fused-ring (bicyclic) bond motifs is 6. The third kappa shape index (κ3) is 3.41. The molecule has 0 N–H and O–H groups in total. The zero-order valence-corrected chi connectivity index (χ0v) is 27.9. The number of aromatic nitrogens is 3. The van der Waals surface area contributed by atoms with Gasteiger partial charge in [-0.2, -0.15) is 0 Å². The Morgan fingerprint density at radius 2 is 1.69 bits per heavy atom. The molecule has 4 saturated carbocycles. The Morgan fingerprint density at radius 3 is 2.48 bits per heavy atom. The predicted octanol–water partition coefficient (Wildman–Crippen LogP) is 8.88. The van der Waals surface area contributed by atoms with E-state index in [1.165, 1.54) is 68.3 Å². The summed E-state index contributed by atoms with van der Waals surface area (Å²) in [5.41, 5.74) is 5.58. The van der Waals surface area contributed by atoms with Gasteiger partial charge in [-0.1, -0.05) is 77.4 Å². The number of hydrogen-bond donors (Lipinski definition) is 0. The number of nitrogens with zero attached hydrogens (tertiary/aromatic N) is 3. The number of ether oxygens (including phenoxy) is 1. The SMILES string of the molecule is CC1(C)CC[C@]23CC[C@]4(C)[C@H](CC[C@@H]5[C@@]6(C)Cc7nnn(Cc8cccc(Cl)c8)c7C(C)(C)[C@@H]6CC[C@]54C)[C@H]2[C@H]1OC3. The molecule has 1 aromatic heterocycles. The van der Waals surface area contributed by atoms with E-state index >= 15 is 0 Å². The summed E-state index contributed by atoms with van der Waals surface area (Å²) < 4.78 is 8.99. The van der Waals surface area contributed by atoms with Crippen LogP contribution in [0.15, 0.2) is 24.3 Å². The van der Waals surface area contributed by atoms with Crippen molar-refractivity contribution in [3.63, 3.8) is 0 Å². The van der Waals surface area contributed by atoms with E-state index in [-0.39, 0.29) is 10.8 Å². The van der Waals surface area contributed by atoms with E-state index in [9.17, 15) is 0 Å². The van der Waals surface area contributed by atoms with Crippen molar-refractivity contribution in [2.75, 3.05) is 6.61 Å². The van der Waals surface area contributed by atoms with E-state index in [2.05, 4.69) is 65.3 Å². The topological polar surface area (TPSA) is 39.9 Å². The van der Waals surface area contributed by atoms with Gasteiger partial charge >= 0.3 is 0 Å². The van der Waals surface area contributed by atoms with Gasteiger partial charge in [0, 0.05) is 10.4 Å². The van der Waals surface area contributed by atoms with Gasteiger partial charge in [-0.25, -0.2) is 4.68 Å². The average Bonchev–Trinajstić information content (AvgIpc) is 3.47. The summed E-state index contributed by atoms with van der Waals surface area (Å²) in [6.45, 7) is 19.9. The molecule has 5 fully saturated rings. The van der Waals surface area contributed by atoms with Crippen LogP contribution < -0.4 is 0 Å². The van der Waals surface area contributed by atoms with Crippen molar-refractivity contribution < 1.29 is 4.74 Å². The normalized spacial score (nSPS) is 46.1. The van der Waals surface area contributed by atoms with Crippen LogP contribution in [0.2, 0.25) is 5.02 Å². The standard InChI is InChI=1S/C37H52ClN3O/c1-32(2)15-17-37-18-16-35(6)25(29(37)31(32)42-22-37)11-12-28-34(5)20-26-30(33(3,4)27(34)13-14-36(28,35)7)41(40-39-26)21-23-9-8-10-24(38)19-23/h8-10,19,25,27-29,31H,11-18,20-22H2,1-7H3/t25-,27+,28-,29+,31-,34+,35-,36-,37-/m1/s1. The molecule has 5 aliphatic carbocycles. The third-order valence-electron chi connectivity index (χ3n) is 15.5. The molecule has 2 aromatic rings. The third-order valence-corrected chi connectivity index (χ3v) is 15.7. The molecule has 0 unspecified atom stereocenters. The molecule has 8 rings (SSSR count). The molecular weight excluding hydrogens is 538 g/mol. The predicted molar refractivity (Wildman–Crippen MR) is 168 cm³/mol. The lowest BCUT2D eigenvalue weighted by Crippen LogP contribution is -2.67. The van der Waals surface area contributed by atoms with Gasteiger partial charge in [-0.15, -0.1) is 5.10 Å². The number of hydrogen-bond acceptors (Lipinski definition) is 3. The van der Waals surface area contributed by atoms with Gasteiger partial charge in [-0.3, -0.25) is 0 Å². The Balaban J connectivity index is 1.15. The molecule has 0 amide bonds. The molecule has 42 heavy (non-hydrogen) atoms. The first-order valence-corrected chi connectivity index (χ1v) is 17.4. The number of halogens is 1. The Bertz CT molecular complexity index is 1430. The zero-order chi connectivity index (χ0) is 29.5. The molecule has 228 valence electrons. The molecule has 4 nitrogen and oxygen atoms in total. The molecule has 1 saturated heterocycles. The van der Waals surface area contributed by atoms with Crippen LogP contribution in [0.5, 0.6) is 0 Å². The number of rotatable bonds is 2. The lowest BCUT2D eigenvalue weighted by Gasteiger charge is -2.72. The van der Waals surface area contributed by atoms with Crippen LogP contribution in [0.4, 0.5) is 0 Å². The Morgan fingerprint density at radius 1 is 0.905 bits per heavy atom. The molecule has 2 bridgehead atoms. The van der Waals surface area contributed by atoms with Crippen molar-refractivity contribution >= 4 is 11.6 Å². The van der Waals surface area contributed by atoms with Crippen LogP contribution in [0.25, 0.3) is 0 Å². The minimum atomic E-state index is 0.0282. The molecular formula is C37H52ClN3O. The largest absolute Gasteiger partial charge is 0.377 e. The van der Waals surface area contributed by atoms with E-state index in [4.69, 9.17) is 26.6 Å². The van der Waals surface area contributed by atoms with Crippen LogP contribution >= 0.6 is 11.6 Å². The van der Waals surface area contributed by atoms with Gasteiger partial charge in [0.15, 0.2) is 0 Å². The Labute approximate surface area is 258 Å². The van der Waals surface area contributed by atoms with Crippen molar-refractivity contribution in [3.8, 4) is 0 Å². The monoisotopic (exact) mass is 589 g/mol. The smallest absolute Gasteiger partial charge is 0.0870 e. The summed E-state index contributed by atoms with van der Waals surface area (Å²) in [5, 5.41) is 10.5. The molecule has 0 spiro atoms. The lowest BCUT2D eigenvalue weighted by atomic mass is 9.31. The quantitative estimate of drug-likeness (QED) is 0.351. The second-order valence-corrected chi connectivity index (χ2v) is 18.3. The first-order valence-electron chi connectivity index (χ1n) is 17.0. The summed E-state index contributed by atoms with van der Waals surface area (Å²) in [6.07, 6.45) is 12.4. The second-order valence-electron chi connectivity index (χ2n) is 17.8. The van der Waals surface area contributed by atoms with Crippen LogP contribution in [0.3, 0.4) is 0 Å². The van der Waals surface area contributed by atoms with E-state index in [0.717, 1.165) is 42.3 Å². The van der Waals surface area contributed by atoms with Crippen molar-refractivity contribution in [2.24, 2.45) is 50.7 Å². The maximum atomic E-state index is 6.79. The molecule has 2 heterocycles. The molecule has 1 aromatic carbocycles. The molecule has 0 radical (unpaired) electrons. The van der Waals surface area contributed by atoms with Crippen molar-refractivity contribution in [2.45, 2.75) is 124 Å². The van der Waals surface area contributed by atoms with E-state index < -0.39 is 0 Å². The first kappa shape index (κ1) is 28.1. The van der Waals surface area contributed by atoms with Gasteiger partial charge in [-0.05, 0) is 126 Å². The summed E-state index contributed by atoms with van der Waals surface area (Å²) in [4.78, 5) is 0. The van der Waals surface area contributed by atoms with Crippen molar-refractivity contribution in [1.82, 2.24) is 15.0 Å². The summed E-state index contributed by atoms with van der Waals surface area (Å²) in [5.74, 6) is 2.91. The van der Waals surface area contributed by atoms with Crippen LogP contribution in [-0.4, -0.2) is 27.7 Å². The minimum absolute atomic E-state index is 0.0282. The molecule has 6 aliphatic rings. The van der Waals surface area contributed by atoms with E-state index in [1.54, 1.807) is 0 Å². The highest BCUT2D eigenvalue weighted by atomic mass is 35.5. The second kappa shape index (κ2) is 8.65. The highest BCUT2D eigenvalue weighted by Gasteiger charge is 2.73. The van der Waals surface area contributed by atoms with Crippen molar-refractivity contribution in [1.29, 1.82) is 0 Å². The lowest BCUT2D eigenvalue weighted by molar-refractivity contribution is -0.233. The molecule has 9 atom stereocenters. The number of benzene rings is 1. The van der Waals surface area contributed by atoms with E-state index in [1.807, 2.05) is 12.1 Å². The van der Waals surface area contributed by atoms with Gasteiger partial charge < -0.3 is 4.74 Å². The fraction of sp³-hybridized carbons (Fsp3) is 0.784. The summed E-state index contributed by atoms with van der Waals surface area (Å²) in [7, 11) is 0. The van der Waals surface area contributed by atoms with E-state index in [0.29, 0.717) is 33.7 Å². The fourth-order valence-corrected chi connectivity index (χ4v) is 13.6. The minimum Gasteiger partial charge on any atom is -0.377 e. The summed E-state index contributed by atoms with van der Waals surface area (Å²) >= 11 is 6.35. The highest BCUT2D eigenvalue weighted by molar-refractivity contribution is 6.30. The fourth-order valence-electron chi connectivity index (χ4n) is 13.4.